The molecule has 0 aliphatic carbocycles. The zero-order valence-corrected chi connectivity index (χ0v) is 14.3. The summed E-state index contributed by atoms with van der Waals surface area (Å²) in [5, 5.41) is 3.58. The second-order valence-corrected chi connectivity index (χ2v) is 7.65. The molecular weight excluding hydrogens is 256 g/mol. The van der Waals surface area contributed by atoms with E-state index in [1.807, 2.05) is 0 Å². The fourth-order valence-electron chi connectivity index (χ4n) is 2.88. The van der Waals surface area contributed by atoms with E-state index in [9.17, 15) is 0 Å². The van der Waals surface area contributed by atoms with Crippen LogP contribution in [-0.4, -0.2) is 31.1 Å². The van der Waals surface area contributed by atoms with Crippen molar-refractivity contribution in [1.29, 1.82) is 0 Å². The topological polar surface area (TPSA) is 15.3 Å². The van der Waals surface area contributed by atoms with Crippen LogP contribution in [0.15, 0.2) is 24.3 Å². The molecule has 2 nitrogen and oxygen atoms in total. The highest BCUT2D eigenvalue weighted by atomic mass is 15.1. The minimum atomic E-state index is 0.247. The van der Waals surface area contributed by atoms with Gasteiger partial charge in [0.05, 0.1) is 0 Å². The Morgan fingerprint density at radius 2 is 1.71 bits per heavy atom. The van der Waals surface area contributed by atoms with Gasteiger partial charge in [0.25, 0.3) is 0 Å². The van der Waals surface area contributed by atoms with Crippen molar-refractivity contribution in [3.8, 4) is 0 Å². The van der Waals surface area contributed by atoms with Gasteiger partial charge in [-0.1, -0.05) is 52.0 Å². The van der Waals surface area contributed by atoms with E-state index in [1.165, 1.54) is 43.6 Å². The molecule has 1 heterocycles. The molecule has 21 heavy (non-hydrogen) atoms. The van der Waals surface area contributed by atoms with Crippen molar-refractivity contribution in [1.82, 2.24) is 10.2 Å². The molecule has 1 aliphatic rings. The monoisotopic (exact) mass is 288 g/mol. The maximum Gasteiger partial charge on any atom is 0.0206 e. The van der Waals surface area contributed by atoms with Crippen LogP contribution in [-0.2, 0) is 12.0 Å². The zero-order valence-electron chi connectivity index (χ0n) is 14.3. The smallest absolute Gasteiger partial charge is 0.0206 e. The predicted octanol–water partition coefficient (Wildman–Crippen LogP) is 3.81. The Balaban J connectivity index is 1.67. The van der Waals surface area contributed by atoms with Crippen molar-refractivity contribution < 1.29 is 0 Å². The van der Waals surface area contributed by atoms with Gasteiger partial charge in [0.2, 0.25) is 0 Å². The SMILES string of the molecule is CC1CCN(CCNCc2ccc(C(C)(C)C)cc2)CC1. The Bertz CT molecular complexity index is 408. The molecule has 2 heteroatoms. The molecule has 118 valence electrons. The maximum absolute atomic E-state index is 3.58. The van der Waals surface area contributed by atoms with Crippen LogP contribution < -0.4 is 5.32 Å². The van der Waals surface area contributed by atoms with Crippen molar-refractivity contribution >= 4 is 0 Å². The molecule has 1 aliphatic heterocycles. The first kappa shape index (κ1) is 16.5. The maximum atomic E-state index is 3.58. The summed E-state index contributed by atoms with van der Waals surface area (Å²) in [6.45, 7) is 15.0. The molecule has 1 N–H and O–H groups in total. The summed E-state index contributed by atoms with van der Waals surface area (Å²) < 4.78 is 0. The van der Waals surface area contributed by atoms with E-state index in [-0.39, 0.29) is 5.41 Å². The van der Waals surface area contributed by atoms with Crippen molar-refractivity contribution in [2.24, 2.45) is 5.92 Å². The van der Waals surface area contributed by atoms with Gasteiger partial charge in [-0.25, -0.2) is 0 Å². The molecule has 0 spiro atoms. The Labute approximate surface area is 130 Å². The molecule has 0 unspecified atom stereocenters. The number of nitrogens with one attached hydrogen (secondary N) is 1. The van der Waals surface area contributed by atoms with E-state index in [4.69, 9.17) is 0 Å². The number of hydrogen-bond donors (Lipinski definition) is 1. The molecule has 0 saturated carbocycles. The standard InChI is InChI=1S/C19H32N2/c1-16-9-12-21(13-10-16)14-11-20-15-17-5-7-18(8-6-17)19(2,3)4/h5-8,16,20H,9-15H2,1-4H3. The first-order valence-corrected chi connectivity index (χ1v) is 8.47. The molecule has 0 bridgehead atoms. The summed E-state index contributed by atoms with van der Waals surface area (Å²) in [5.74, 6) is 0.926. The Morgan fingerprint density at radius 1 is 1.10 bits per heavy atom. The average molecular weight is 288 g/mol. The normalized spacial score (nSPS) is 18.1. The first-order chi connectivity index (χ1) is 9.95. The highest BCUT2D eigenvalue weighted by molar-refractivity contribution is 5.27. The van der Waals surface area contributed by atoms with Crippen molar-refractivity contribution in [3.63, 3.8) is 0 Å². The lowest BCUT2D eigenvalue weighted by Gasteiger charge is -2.30. The van der Waals surface area contributed by atoms with Gasteiger partial charge >= 0.3 is 0 Å². The fraction of sp³-hybridized carbons (Fsp3) is 0.684. The minimum Gasteiger partial charge on any atom is -0.311 e. The minimum absolute atomic E-state index is 0.247. The van der Waals surface area contributed by atoms with Crippen LogP contribution in [0, 0.1) is 5.92 Å². The molecule has 2 rings (SSSR count). The van der Waals surface area contributed by atoms with Crippen molar-refractivity contribution in [3.05, 3.63) is 35.4 Å². The quantitative estimate of drug-likeness (QED) is 0.829. The van der Waals surface area contributed by atoms with Crippen LogP contribution in [0.5, 0.6) is 0 Å². The van der Waals surface area contributed by atoms with Crippen molar-refractivity contribution in [2.75, 3.05) is 26.2 Å². The number of piperidine rings is 1. The van der Waals surface area contributed by atoms with Gasteiger partial charge < -0.3 is 10.2 Å². The Morgan fingerprint density at radius 3 is 2.29 bits per heavy atom. The van der Waals surface area contributed by atoms with Crippen LogP contribution in [0.4, 0.5) is 0 Å². The van der Waals surface area contributed by atoms with E-state index in [1.54, 1.807) is 0 Å². The van der Waals surface area contributed by atoms with Gasteiger partial charge in [0.15, 0.2) is 0 Å². The Kier molecular flexibility index (Phi) is 5.83. The third-order valence-electron chi connectivity index (χ3n) is 4.63. The summed E-state index contributed by atoms with van der Waals surface area (Å²) in [4.78, 5) is 2.59. The number of nitrogens with zero attached hydrogens (tertiary/aromatic N) is 1. The van der Waals surface area contributed by atoms with E-state index in [0.29, 0.717) is 0 Å². The van der Waals surface area contributed by atoms with Crippen LogP contribution in [0.3, 0.4) is 0 Å². The summed E-state index contributed by atoms with van der Waals surface area (Å²) >= 11 is 0. The third kappa shape index (κ3) is 5.44. The van der Waals surface area contributed by atoms with Gasteiger partial charge in [-0.2, -0.15) is 0 Å². The lowest BCUT2D eigenvalue weighted by Crippen LogP contribution is -2.37. The van der Waals surface area contributed by atoms with Crippen molar-refractivity contribution in [2.45, 2.75) is 52.5 Å². The van der Waals surface area contributed by atoms with Gasteiger partial charge in [-0.3, -0.25) is 0 Å². The molecule has 1 aromatic rings. The van der Waals surface area contributed by atoms with E-state index in [0.717, 1.165) is 19.0 Å². The second-order valence-electron chi connectivity index (χ2n) is 7.65. The molecule has 1 fully saturated rings. The van der Waals surface area contributed by atoms with Gasteiger partial charge in [0.1, 0.15) is 0 Å². The van der Waals surface area contributed by atoms with Crippen LogP contribution in [0.25, 0.3) is 0 Å². The summed E-state index contributed by atoms with van der Waals surface area (Å²) in [6, 6.07) is 9.05. The molecule has 0 atom stereocenters. The first-order valence-electron chi connectivity index (χ1n) is 8.47. The fourth-order valence-corrected chi connectivity index (χ4v) is 2.88. The average Bonchev–Trinajstić information content (AvgIpc) is 2.45. The van der Waals surface area contributed by atoms with Crippen LogP contribution >= 0.6 is 0 Å². The summed E-state index contributed by atoms with van der Waals surface area (Å²) in [5.41, 5.74) is 3.04. The molecule has 0 amide bonds. The number of benzene rings is 1. The van der Waals surface area contributed by atoms with E-state index < -0.39 is 0 Å². The highest BCUT2D eigenvalue weighted by Crippen LogP contribution is 2.22. The molecule has 1 aromatic carbocycles. The molecule has 1 saturated heterocycles. The number of hydrogen-bond acceptors (Lipinski definition) is 2. The molecule has 0 radical (unpaired) electrons. The predicted molar refractivity (Wildman–Crippen MR) is 91.7 cm³/mol. The highest BCUT2D eigenvalue weighted by Gasteiger charge is 2.15. The van der Waals surface area contributed by atoms with Gasteiger partial charge in [-0.05, 0) is 48.4 Å². The largest absolute Gasteiger partial charge is 0.311 e. The second kappa shape index (κ2) is 7.42. The van der Waals surface area contributed by atoms with E-state index in [2.05, 4.69) is 62.2 Å². The summed E-state index contributed by atoms with van der Waals surface area (Å²) in [6.07, 6.45) is 2.74. The Hall–Kier alpha value is -0.860. The van der Waals surface area contributed by atoms with E-state index >= 15 is 0 Å². The van der Waals surface area contributed by atoms with Crippen LogP contribution in [0.1, 0.15) is 51.7 Å². The lowest BCUT2D eigenvalue weighted by molar-refractivity contribution is 0.193. The number of rotatable bonds is 5. The lowest BCUT2D eigenvalue weighted by atomic mass is 9.87. The molecular formula is C19H32N2. The third-order valence-corrected chi connectivity index (χ3v) is 4.63. The zero-order chi connectivity index (χ0) is 15.3. The summed E-state index contributed by atoms with van der Waals surface area (Å²) in [7, 11) is 0. The molecule has 0 aromatic heterocycles. The number of likely N-dealkylation sites (tertiary alicyclic amines) is 1. The van der Waals surface area contributed by atoms with Crippen LogP contribution in [0.2, 0.25) is 0 Å². The van der Waals surface area contributed by atoms with Gasteiger partial charge in [0, 0.05) is 19.6 Å². The van der Waals surface area contributed by atoms with Gasteiger partial charge in [-0.15, -0.1) is 0 Å².